The Morgan fingerprint density at radius 3 is 2.43 bits per heavy atom. The minimum absolute atomic E-state index is 0.166. The summed E-state index contributed by atoms with van der Waals surface area (Å²) in [5, 5.41) is 0.720. The van der Waals surface area contributed by atoms with Gasteiger partial charge in [0.1, 0.15) is 6.33 Å². The number of nitrogens with zero attached hydrogens (tertiary/aromatic N) is 3. The molecule has 0 atom stereocenters. The fourth-order valence-electron chi connectivity index (χ4n) is 1.92. The molecule has 0 saturated carbocycles. The van der Waals surface area contributed by atoms with Gasteiger partial charge < -0.3 is 9.47 Å². The first-order valence-electron chi connectivity index (χ1n) is 7.24. The fourth-order valence-corrected chi connectivity index (χ4v) is 1.92. The van der Waals surface area contributed by atoms with Crippen molar-refractivity contribution in [3.63, 3.8) is 0 Å². The molecule has 0 N–H and O–H groups in total. The van der Waals surface area contributed by atoms with Crippen LogP contribution in [0.3, 0.4) is 0 Å². The molecule has 23 heavy (non-hydrogen) atoms. The number of hydrogen-bond acceptors (Lipinski definition) is 7. The molecule has 0 radical (unpaired) electrons. The fraction of sp³-hybridized carbons (Fsp3) is 0.312. The lowest BCUT2D eigenvalue weighted by molar-refractivity contribution is -0.157. The van der Waals surface area contributed by atoms with Gasteiger partial charge in [0.05, 0.1) is 18.7 Å². The molecule has 0 fully saturated rings. The molecule has 120 valence electrons. The number of hydrogen-bond donors (Lipinski definition) is 0. The number of fused-ring (bicyclic) bond motifs is 1. The molecule has 1 aromatic heterocycles. The summed E-state index contributed by atoms with van der Waals surface area (Å²) in [7, 11) is 0. The Morgan fingerprint density at radius 2 is 1.78 bits per heavy atom. The number of aliphatic imine (C=N–C) groups is 1. The number of carbonyl (C=O) groups excluding carboxylic acids is 2. The number of esters is 2. The van der Waals surface area contributed by atoms with Gasteiger partial charge >= 0.3 is 11.9 Å². The van der Waals surface area contributed by atoms with E-state index in [1.807, 2.05) is 24.3 Å². The zero-order valence-electron chi connectivity index (χ0n) is 12.9. The molecule has 1 aromatic carbocycles. The van der Waals surface area contributed by atoms with Gasteiger partial charge in [-0.3, -0.25) is 9.59 Å². The van der Waals surface area contributed by atoms with Gasteiger partial charge in [0.2, 0.25) is 0 Å². The summed E-state index contributed by atoms with van der Waals surface area (Å²) in [4.78, 5) is 36.2. The maximum Gasteiger partial charge on any atom is 0.325 e. The Kier molecular flexibility index (Phi) is 5.74. The van der Waals surface area contributed by atoms with Crippen LogP contribution < -0.4 is 0 Å². The molecular weight excluding hydrogens is 298 g/mol. The van der Waals surface area contributed by atoms with Crippen molar-refractivity contribution in [2.75, 3.05) is 13.2 Å². The molecule has 0 spiro atoms. The lowest BCUT2D eigenvalue weighted by Gasteiger charge is -2.10. The predicted octanol–water partition coefficient (Wildman–Crippen LogP) is 2.07. The Morgan fingerprint density at radius 1 is 1.13 bits per heavy atom. The van der Waals surface area contributed by atoms with Crippen LogP contribution in [0, 0.1) is 5.92 Å². The highest BCUT2D eigenvalue weighted by Crippen LogP contribution is 2.21. The monoisotopic (exact) mass is 315 g/mol. The highest BCUT2D eigenvalue weighted by atomic mass is 16.6. The van der Waals surface area contributed by atoms with Gasteiger partial charge in [-0.25, -0.2) is 15.0 Å². The first-order valence-corrected chi connectivity index (χ1v) is 7.24. The molecular formula is C16H17N3O4. The van der Waals surface area contributed by atoms with Gasteiger partial charge in [-0.15, -0.1) is 0 Å². The van der Waals surface area contributed by atoms with E-state index >= 15 is 0 Å². The number of carbonyl (C=O) groups is 2. The number of rotatable bonds is 6. The van der Waals surface area contributed by atoms with Crippen molar-refractivity contribution in [2.24, 2.45) is 10.9 Å². The quantitative estimate of drug-likeness (QED) is 0.460. The maximum atomic E-state index is 11.9. The summed E-state index contributed by atoms with van der Waals surface area (Å²) in [6, 6.07) is 7.32. The van der Waals surface area contributed by atoms with Gasteiger partial charge in [-0.2, -0.15) is 0 Å². The molecule has 0 aliphatic rings. The van der Waals surface area contributed by atoms with Crippen molar-refractivity contribution in [1.82, 2.24) is 9.97 Å². The second-order valence-electron chi connectivity index (χ2n) is 4.47. The molecule has 0 unspecified atom stereocenters. The van der Waals surface area contributed by atoms with Gasteiger partial charge in [0, 0.05) is 11.6 Å². The molecule has 0 saturated heterocycles. The molecule has 7 nitrogen and oxygen atoms in total. The van der Waals surface area contributed by atoms with E-state index in [-0.39, 0.29) is 13.2 Å². The van der Waals surface area contributed by atoms with E-state index in [9.17, 15) is 9.59 Å². The Balaban J connectivity index is 2.31. The first kappa shape index (κ1) is 16.5. The van der Waals surface area contributed by atoms with Crippen molar-refractivity contribution in [3.8, 4) is 0 Å². The lowest BCUT2D eigenvalue weighted by atomic mass is 10.1. The smallest absolute Gasteiger partial charge is 0.325 e. The van der Waals surface area contributed by atoms with Crippen molar-refractivity contribution < 1.29 is 19.1 Å². The van der Waals surface area contributed by atoms with Crippen LogP contribution >= 0.6 is 0 Å². The second-order valence-corrected chi connectivity index (χ2v) is 4.47. The second kappa shape index (κ2) is 7.98. The number of aromatic nitrogens is 2. The van der Waals surface area contributed by atoms with Crippen LogP contribution in [0.2, 0.25) is 0 Å². The van der Waals surface area contributed by atoms with E-state index in [4.69, 9.17) is 9.47 Å². The van der Waals surface area contributed by atoms with Crippen LogP contribution in [-0.4, -0.2) is 41.3 Å². The van der Waals surface area contributed by atoms with Crippen molar-refractivity contribution >= 4 is 34.9 Å². The summed E-state index contributed by atoms with van der Waals surface area (Å²) in [5.41, 5.74) is 0.721. The third kappa shape index (κ3) is 4.09. The van der Waals surface area contributed by atoms with Crippen LogP contribution in [0.5, 0.6) is 0 Å². The van der Waals surface area contributed by atoms with Crippen molar-refractivity contribution in [1.29, 1.82) is 0 Å². The SMILES string of the molecule is CCOC(=O)C(C=Nc1ncnc2ccccc12)C(=O)OCC. The van der Waals surface area contributed by atoms with E-state index in [1.165, 1.54) is 12.5 Å². The summed E-state index contributed by atoms with van der Waals surface area (Å²) >= 11 is 0. The highest BCUT2D eigenvalue weighted by molar-refractivity contribution is 6.09. The normalized spacial score (nSPS) is 11.1. The largest absolute Gasteiger partial charge is 0.465 e. The Hall–Kier alpha value is -2.83. The van der Waals surface area contributed by atoms with Crippen LogP contribution in [0.25, 0.3) is 10.9 Å². The van der Waals surface area contributed by atoms with Crippen LogP contribution in [0.1, 0.15) is 13.8 Å². The van der Waals surface area contributed by atoms with E-state index in [0.717, 1.165) is 10.9 Å². The van der Waals surface area contributed by atoms with E-state index in [2.05, 4.69) is 15.0 Å². The van der Waals surface area contributed by atoms with E-state index < -0.39 is 17.9 Å². The average molecular weight is 315 g/mol. The van der Waals surface area contributed by atoms with Crippen molar-refractivity contribution in [2.45, 2.75) is 13.8 Å². The molecule has 2 rings (SSSR count). The van der Waals surface area contributed by atoms with Gasteiger partial charge in [0.15, 0.2) is 11.7 Å². The molecule has 7 heteroatoms. The lowest BCUT2D eigenvalue weighted by Crippen LogP contribution is -2.29. The summed E-state index contributed by atoms with van der Waals surface area (Å²) in [6.45, 7) is 3.66. The third-order valence-electron chi connectivity index (χ3n) is 2.95. The van der Waals surface area contributed by atoms with Gasteiger partial charge in [-0.1, -0.05) is 12.1 Å². The van der Waals surface area contributed by atoms with Crippen molar-refractivity contribution in [3.05, 3.63) is 30.6 Å². The summed E-state index contributed by atoms with van der Waals surface area (Å²) < 4.78 is 9.77. The van der Waals surface area contributed by atoms with Crippen LogP contribution in [0.4, 0.5) is 5.82 Å². The zero-order chi connectivity index (χ0) is 16.7. The number of para-hydroxylation sites is 1. The van der Waals surface area contributed by atoms with E-state index in [1.54, 1.807) is 13.8 Å². The Bertz CT molecular complexity index is 707. The predicted molar refractivity (Wildman–Crippen MR) is 84.4 cm³/mol. The summed E-state index contributed by atoms with van der Waals surface area (Å²) in [5.74, 6) is -2.25. The number of benzene rings is 1. The number of ether oxygens (including phenoxy) is 2. The van der Waals surface area contributed by atoms with Gasteiger partial charge in [0.25, 0.3) is 0 Å². The topological polar surface area (TPSA) is 90.7 Å². The highest BCUT2D eigenvalue weighted by Gasteiger charge is 2.27. The molecule has 1 heterocycles. The molecule has 0 aliphatic heterocycles. The van der Waals surface area contributed by atoms with Gasteiger partial charge in [-0.05, 0) is 26.0 Å². The molecule has 0 amide bonds. The average Bonchev–Trinajstić information content (AvgIpc) is 2.55. The van der Waals surface area contributed by atoms with Crippen LogP contribution in [0.15, 0.2) is 35.6 Å². The van der Waals surface area contributed by atoms with E-state index in [0.29, 0.717) is 5.82 Å². The molecule has 0 aliphatic carbocycles. The van der Waals surface area contributed by atoms with Crippen LogP contribution in [-0.2, 0) is 19.1 Å². The molecule has 2 aromatic rings. The maximum absolute atomic E-state index is 11.9. The standard InChI is InChI=1S/C16H17N3O4/c1-3-22-15(20)12(16(21)23-4-2)9-17-14-11-7-5-6-8-13(11)18-10-19-14/h5-10,12H,3-4H2,1-2H3. The first-order chi connectivity index (χ1) is 11.2. The third-order valence-corrected chi connectivity index (χ3v) is 2.95. The minimum Gasteiger partial charge on any atom is -0.465 e. The Labute approximate surface area is 133 Å². The minimum atomic E-state index is -1.22. The summed E-state index contributed by atoms with van der Waals surface area (Å²) in [6.07, 6.45) is 2.57. The zero-order valence-corrected chi connectivity index (χ0v) is 12.9. The molecule has 0 bridgehead atoms.